The average molecular weight is 334 g/mol. The van der Waals surface area contributed by atoms with Crippen LogP contribution in [0.15, 0.2) is 45.8 Å². The number of nitrogens with zero attached hydrogens (tertiary/aromatic N) is 2. The summed E-state index contributed by atoms with van der Waals surface area (Å²) < 4.78 is 15.6. The van der Waals surface area contributed by atoms with Gasteiger partial charge in [0.05, 0.1) is 30.8 Å². The molecule has 7 nitrogen and oxygen atoms in total. The van der Waals surface area contributed by atoms with Crippen LogP contribution in [0.3, 0.4) is 0 Å². The van der Waals surface area contributed by atoms with Crippen LogP contribution in [0.2, 0.25) is 0 Å². The minimum atomic E-state index is -0.559. The molecule has 1 fully saturated rings. The van der Waals surface area contributed by atoms with E-state index < -0.39 is 6.10 Å². The Balaban J connectivity index is 1.35. The Morgan fingerprint density at radius 2 is 2.08 bits per heavy atom. The summed E-state index contributed by atoms with van der Waals surface area (Å²) in [4.78, 5) is 16.2. The number of piperazine rings is 1. The van der Waals surface area contributed by atoms with E-state index in [0.717, 1.165) is 18.8 Å². The molecule has 130 valence electrons. The van der Waals surface area contributed by atoms with E-state index >= 15 is 0 Å². The summed E-state index contributed by atoms with van der Waals surface area (Å²) in [6.07, 6.45) is 4.01. The second-order valence-corrected chi connectivity index (χ2v) is 5.85. The SMILES string of the molecule is O=C(c1ccoc1)N1CCN(CC(O)COCc2ccco2)CC1. The van der Waals surface area contributed by atoms with Crippen molar-refractivity contribution in [1.82, 2.24) is 9.80 Å². The molecule has 7 heteroatoms. The number of rotatable bonds is 7. The van der Waals surface area contributed by atoms with Crippen LogP contribution in [0.25, 0.3) is 0 Å². The molecule has 0 saturated carbocycles. The van der Waals surface area contributed by atoms with Gasteiger partial charge in [-0.1, -0.05) is 0 Å². The van der Waals surface area contributed by atoms with E-state index in [4.69, 9.17) is 13.6 Å². The van der Waals surface area contributed by atoms with E-state index in [9.17, 15) is 9.90 Å². The first-order valence-corrected chi connectivity index (χ1v) is 8.04. The maximum Gasteiger partial charge on any atom is 0.257 e. The van der Waals surface area contributed by atoms with Gasteiger partial charge in [-0.15, -0.1) is 0 Å². The van der Waals surface area contributed by atoms with Crippen LogP contribution in [0.5, 0.6) is 0 Å². The number of hydrogen-bond acceptors (Lipinski definition) is 6. The lowest BCUT2D eigenvalue weighted by Crippen LogP contribution is -2.50. The molecule has 0 bridgehead atoms. The number of hydrogen-bond donors (Lipinski definition) is 1. The van der Waals surface area contributed by atoms with Crippen molar-refractivity contribution in [3.05, 3.63) is 48.3 Å². The number of aliphatic hydroxyl groups excluding tert-OH is 1. The smallest absolute Gasteiger partial charge is 0.257 e. The summed E-state index contributed by atoms with van der Waals surface area (Å²) in [7, 11) is 0. The van der Waals surface area contributed by atoms with E-state index in [0.29, 0.717) is 31.8 Å². The van der Waals surface area contributed by atoms with E-state index in [1.165, 1.54) is 12.5 Å². The molecule has 24 heavy (non-hydrogen) atoms. The second-order valence-electron chi connectivity index (χ2n) is 5.85. The quantitative estimate of drug-likeness (QED) is 0.820. The molecule has 3 rings (SSSR count). The first kappa shape index (κ1) is 16.8. The topological polar surface area (TPSA) is 79.3 Å². The molecule has 0 spiro atoms. The van der Waals surface area contributed by atoms with Crippen LogP contribution in [-0.4, -0.2) is 66.2 Å². The first-order chi connectivity index (χ1) is 11.7. The summed E-state index contributed by atoms with van der Waals surface area (Å²) in [5, 5.41) is 10.1. The number of furan rings is 2. The first-order valence-electron chi connectivity index (χ1n) is 8.04. The van der Waals surface area contributed by atoms with Gasteiger partial charge < -0.3 is 23.6 Å². The Kier molecular flexibility index (Phi) is 5.68. The third-order valence-electron chi connectivity index (χ3n) is 4.03. The van der Waals surface area contributed by atoms with Crippen molar-refractivity contribution in [2.75, 3.05) is 39.3 Å². The van der Waals surface area contributed by atoms with Crippen LogP contribution in [0.4, 0.5) is 0 Å². The van der Waals surface area contributed by atoms with E-state index in [2.05, 4.69) is 4.90 Å². The molecule has 1 saturated heterocycles. The molecule has 1 aliphatic heterocycles. The Morgan fingerprint density at radius 3 is 2.75 bits per heavy atom. The second kappa shape index (κ2) is 8.14. The molecule has 2 aromatic heterocycles. The van der Waals surface area contributed by atoms with Crippen molar-refractivity contribution in [3.63, 3.8) is 0 Å². The fraction of sp³-hybridized carbons (Fsp3) is 0.471. The third-order valence-corrected chi connectivity index (χ3v) is 4.03. The molecule has 2 aromatic rings. The lowest BCUT2D eigenvalue weighted by Gasteiger charge is -2.35. The maximum absolute atomic E-state index is 12.2. The van der Waals surface area contributed by atoms with Crippen LogP contribution in [-0.2, 0) is 11.3 Å². The van der Waals surface area contributed by atoms with Gasteiger partial charge in [0, 0.05) is 32.7 Å². The lowest BCUT2D eigenvalue weighted by atomic mass is 10.2. The number of β-amino-alcohol motifs (C(OH)–C–C–N with tert-alkyl or cyclic N) is 1. The van der Waals surface area contributed by atoms with Crippen molar-refractivity contribution < 1.29 is 23.5 Å². The molecule has 3 heterocycles. The molecule has 1 aliphatic rings. The lowest BCUT2D eigenvalue weighted by molar-refractivity contribution is -0.00188. The highest BCUT2D eigenvalue weighted by Crippen LogP contribution is 2.10. The fourth-order valence-electron chi connectivity index (χ4n) is 2.74. The van der Waals surface area contributed by atoms with Crippen molar-refractivity contribution in [2.45, 2.75) is 12.7 Å². The summed E-state index contributed by atoms with van der Waals surface area (Å²) in [6, 6.07) is 5.32. The molecule has 1 atom stereocenters. The molecule has 1 unspecified atom stereocenters. The predicted octanol–water partition coefficient (Wildman–Crippen LogP) is 1.21. The van der Waals surface area contributed by atoms with Crippen molar-refractivity contribution in [1.29, 1.82) is 0 Å². The number of carbonyl (C=O) groups excluding carboxylic acids is 1. The van der Waals surface area contributed by atoms with Gasteiger partial charge >= 0.3 is 0 Å². The molecule has 1 N–H and O–H groups in total. The highest BCUT2D eigenvalue weighted by atomic mass is 16.5. The number of amides is 1. The molecule has 0 aliphatic carbocycles. The van der Waals surface area contributed by atoms with Crippen LogP contribution >= 0.6 is 0 Å². The third kappa shape index (κ3) is 4.47. The number of carbonyl (C=O) groups is 1. The monoisotopic (exact) mass is 334 g/mol. The van der Waals surface area contributed by atoms with Crippen LogP contribution < -0.4 is 0 Å². The summed E-state index contributed by atoms with van der Waals surface area (Å²) in [5.74, 6) is 0.735. The van der Waals surface area contributed by atoms with Crippen molar-refractivity contribution in [2.24, 2.45) is 0 Å². The maximum atomic E-state index is 12.2. The Labute approximate surface area is 140 Å². The predicted molar refractivity (Wildman–Crippen MR) is 85.4 cm³/mol. The fourth-order valence-corrected chi connectivity index (χ4v) is 2.74. The van der Waals surface area contributed by atoms with Gasteiger partial charge in [-0.05, 0) is 18.2 Å². The normalized spacial score (nSPS) is 17.1. The summed E-state index contributed by atoms with van der Waals surface area (Å²) in [6.45, 7) is 3.91. The highest BCUT2D eigenvalue weighted by Gasteiger charge is 2.23. The molecule has 1 amide bonds. The molecular formula is C17H22N2O5. The van der Waals surface area contributed by atoms with Gasteiger partial charge in [0.2, 0.25) is 0 Å². The van der Waals surface area contributed by atoms with Crippen LogP contribution in [0.1, 0.15) is 16.1 Å². The summed E-state index contributed by atoms with van der Waals surface area (Å²) >= 11 is 0. The van der Waals surface area contributed by atoms with Gasteiger partial charge in [-0.25, -0.2) is 0 Å². The zero-order valence-corrected chi connectivity index (χ0v) is 13.5. The minimum absolute atomic E-state index is 0.00858. The highest BCUT2D eigenvalue weighted by molar-refractivity contribution is 5.93. The van der Waals surface area contributed by atoms with Gasteiger partial charge in [-0.2, -0.15) is 0 Å². The average Bonchev–Trinajstić information content (AvgIpc) is 3.29. The number of aliphatic hydroxyl groups is 1. The zero-order chi connectivity index (χ0) is 16.8. The van der Waals surface area contributed by atoms with Crippen molar-refractivity contribution in [3.8, 4) is 0 Å². The van der Waals surface area contributed by atoms with Gasteiger partial charge in [0.25, 0.3) is 5.91 Å². The Morgan fingerprint density at radius 1 is 1.25 bits per heavy atom. The molecular weight excluding hydrogens is 312 g/mol. The zero-order valence-electron chi connectivity index (χ0n) is 13.5. The molecule has 0 aromatic carbocycles. The van der Waals surface area contributed by atoms with Gasteiger partial charge in [-0.3, -0.25) is 9.69 Å². The van der Waals surface area contributed by atoms with Crippen LogP contribution in [0, 0.1) is 0 Å². The Hall–Kier alpha value is -2.09. The Bertz CT molecular complexity index is 603. The van der Waals surface area contributed by atoms with Gasteiger partial charge in [0.15, 0.2) is 0 Å². The minimum Gasteiger partial charge on any atom is -0.472 e. The van der Waals surface area contributed by atoms with Gasteiger partial charge in [0.1, 0.15) is 18.6 Å². The molecule has 0 radical (unpaired) electrons. The van der Waals surface area contributed by atoms with E-state index in [1.807, 2.05) is 6.07 Å². The number of ether oxygens (including phenoxy) is 1. The van der Waals surface area contributed by atoms with E-state index in [1.54, 1.807) is 23.3 Å². The van der Waals surface area contributed by atoms with Crippen molar-refractivity contribution >= 4 is 5.91 Å². The standard InChI is InChI=1S/C17H22N2O5/c20-15(12-23-13-16-2-1-8-24-16)10-18-4-6-19(7-5-18)17(21)14-3-9-22-11-14/h1-3,8-9,11,15,20H,4-7,10,12-13H2. The van der Waals surface area contributed by atoms with E-state index in [-0.39, 0.29) is 12.5 Å². The summed E-state index contributed by atoms with van der Waals surface area (Å²) in [5.41, 5.74) is 0.579. The largest absolute Gasteiger partial charge is 0.472 e.